The van der Waals surface area contributed by atoms with Crippen LogP contribution < -0.4 is 16.4 Å². The Morgan fingerprint density at radius 1 is 0.577 bits per heavy atom. The number of aliphatic carboxylic acids is 1. The maximum absolute atomic E-state index is 13.3. The lowest BCUT2D eigenvalue weighted by Crippen LogP contribution is -2.54. The van der Waals surface area contributed by atoms with Gasteiger partial charge in [0.05, 0.1) is 6.04 Å². The minimum absolute atomic E-state index is 0.0366. The van der Waals surface area contributed by atoms with E-state index in [1.54, 1.807) is 20.8 Å². The Labute approximate surface area is 302 Å². The molecule has 0 aliphatic rings. The second kappa shape index (κ2) is 26.5. The molecule has 0 aromatic heterocycles. The van der Waals surface area contributed by atoms with Gasteiger partial charge in [0.15, 0.2) is 0 Å². The number of nitrogens with zero attached hydrogens (tertiary/aromatic N) is 3. The van der Waals surface area contributed by atoms with Gasteiger partial charge in [-0.2, -0.15) is 0 Å². The van der Waals surface area contributed by atoms with E-state index >= 15 is 0 Å². The van der Waals surface area contributed by atoms with Crippen LogP contribution in [0.5, 0.6) is 0 Å². The number of hydroxylamine groups is 6. The maximum atomic E-state index is 13.3. The number of carboxylic acids is 1. The molecular weight excluding hydrogens is 688 g/mol. The molecule has 19 heteroatoms. The fourth-order valence-corrected chi connectivity index (χ4v) is 4.49. The van der Waals surface area contributed by atoms with Crippen molar-refractivity contribution in [3.05, 3.63) is 34.9 Å². The largest absolute Gasteiger partial charge is 0.480 e. The van der Waals surface area contributed by atoms with Crippen molar-refractivity contribution in [2.45, 2.75) is 96.7 Å². The highest BCUT2D eigenvalue weighted by Gasteiger charge is 2.28. The second-order valence-electron chi connectivity index (χ2n) is 12.3. The predicted molar refractivity (Wildman–Crippen MR) is 184 cm³/mol. The number of carbonyl (C=O) groups excluding carboxylic acids is 5. The minimum Gasteiger partial charge on any atom is -0.480 e. The lowest BCUT2D eigenvalue weighted by Gasteiger charge is -2.24. The zero-order chi connectivity index (χ0) is 39.8. The molecule has 0 bridgehead atoms. The lowest BCUT2D eigenvalue weighted by molar-refractivity contribution is -0.160. The van der Waals surface area contributed by atoms with Gasteiger partial charge in [-0.3, -0.25) is 39.6 Å². The number of aliphatic hydroxyl groups excluding tert-OH is 3. The molecule has 3 atom stereocenters. The van der Waals surface area contributed by atoms with Crippen LogP contribution in [-0.2, 0) is 28.8 Å². The monoisotopic (exact) mass is 744 g/mol. The van der Waals surface area contributed by atoms with E-state index in [2.05, 4.69) is 10.6 Å². The van der Waals surface area contributed by atoms with Gasteiger partial charge in [0, 0.05) is 57.7 Å². The highest BCUT2D eigenvalue weighted by molar-refractivity contribution is 5.92. The van der Waals surface area contributed by atoms with E-state index in [-0.39, 0.29) is 97.2 Å². The number of hydrogen-bond donors (Lipinski definition) is 10. The van der Waals surface area contributed by atoms with Crippen molar-refractivity contribution in [2.75, 3.05) is 39.5 Å². The van der Waals surface area contributed by atoms with Crippen LogP contribution in [0.4, 0.5) is 0 Å². The summed E-state index contributed by atoms with van der Waals surface area (Å²) < 4.78 is 0. The molecule has 296 valence electrons. The standard InChI is InChI=1S/C33H56N6O13/c1-22(10-16-40)19-28(43)37(50)13-4-7-25(34)31(46)35-26(8-5-14-38(51)29(44)20-23(2)11-17-41)32(47)36-27(33(48)49)9-6-15-39(52)30(45)21-24(3)12-18-42/h19-21,25-27,40-42,50-52H,4-18,34H2,1-3H3,(H,35,46)(H,36,47)(H,48,49)/b22-19-,23-20-,24-21-/t25-,26-,27-/m0/s1. The molecule has 0 aromatic rings. The zero-order valence-corrected chi connectivity index (χ0v) is 30.1. The molecule has 11 N–H and O–H groups in total. The van der Waals surface area contributed by atoms with Crippen LogP contribution in [-0.4, -0.2) is 144 Å². The fourth-order valence-electron chi connectivity index (χ4n) is 4.49. The summed E-state index contributed by atoms with van der Waals surface area (Å²) in [4.78, 5) is 74.7. The van der Waals surface area contributed by atoms with Gasteiger partial charge in [-0.1, -0.05) is 16.7 Å². The fraction of sp³-hybridized carbons (Fsp3) is 0.636. The SMILES string of the molecule is C/C(=C/C(=O)N(O)CCC[C@H](NC(=O)[C@H](CCCN(O)C(=O)/C=C(/C)CCO)NC(=O)[C@@H](N)CCCN(O)C(=O)/C=C(/C)CCO)C(=O)O)CCO. The zero-order valence-electron chi connectivity index (χ0n) is 30.1. The van der Waals surface area contributed by atoms with Crippen molar-refractivity contribution < 1.29 is 64.8 Å². The predicted octanol–water partition coefficient (Wildman–Crippen LogP) is -0.652. The molecule has 0 aliphatic heterocycles. The van der Waals surface area contributed by atoms with Crippen LogP contribution >= 0.6 is 0 Å². The third-order valence-corrected chi connectivity index (χ3v) is 7.59. The molecule has 0 aromatic carbocycles. The molecule has 0 saturated carbocycles. The molecular formula is C33H56N6O13. The quantitative estimate of drug-likeness (QED) is 0.0299. The summed E-state index contributed by atoms with van der Waals surface area (Å²) in [7, 11) is 0. The van der Waals surface area contributed by atoms with Crippen molar-refractivity contribution in [2.24, 2.45) is 5.73 Å². The van der Waals surface area contributed by atoms with Crippen LogP contribution in [0.2, 0.25) is 0 Å². The summed E-state index contributed by atoms with van der Waals surface area (Å²) in [5.41, 5.74) is 7.56. The van der Waals surface area contributed by atoms with Crippen LogP contribution in [0.15, 0.2) is 34.9 Å². The molecule has 0 rings (SSSR count). The van der Waals surface area contributed by atoms with E-state index in [9.17, 15) is 49.5 Å². The van der Waals surface area contributed by atoms with E-state index in [1.165, 1.54) is 0 Å². The third-order valence-electron chi connectivity index (χ3n) is 7.59. The number of rotatable bonds is 26. The van der Waals surface area contributed by atoms with Crippen molar-refractivity contribution in [1.82, 2.24) is 25.8 Å². The van der Waals surface area contributed by atoms with Gasteiger partial charge in [0.1, 0.15) is 12.1 Å². The Hall–Kier alpha value is -4.24. The molecule has 0 heterocycles. The van der Waals surface area contributed by atoms with Crippen molar-refractivity contribution >= 4 is 35.5 Å². The van der Waals surface area contributed by atoms with Gasteiger partial charge in [-0.15, -0.1) is 0 Å². The Morgan fingerprint density at radius 2 is 0.904 bits per heavy atom. The van der Waals surface area contributed by atoms with E-state index in [0.29, 0.717) is 31.9 Å². The number of carboxylic acid groups (broad SMARTS) is 1. The van der Waals surface area contributed by atoms with Gasteiger partial charge in [0.25, 0.3) is 17.7 Å². The van der Waals surface area contributed by atoms with E-state index in [0.717, 1.165) is 18.2 Å². The van der Waals surface area contributed by atoms with Gasteiger partial charge < -0.3 is 36.8 Å². The molecule has 0 fully saturated rings. The van der Waals surface area contributed by atoms with E-state index in [1.807, 2.05) is 0 Å². The number of hydrogen-bond acceptors (Lipinski definition) is 13. The lowest BCUT2D eigenvalue weighted by atomic mass is 10.1. The van der Waals surface area contributed by atoms with Gasteiger partial charge in [0.2, 0.25) is 11.8 Å². The summed E-state index contributed by atoms with van der Waals surface area (Å²) in [6, 6.07) is -4.12. The van der Waals surface area contributed by atoms with Crippen molar-refractivity contribution in [1.29, 1.82) is 0 Å². The third kappa shape index (κ3) is 20.6. The summed E-state index contributed by atoms with van der Waals surface area (Å²) >= 11 is 0. The van der Waals surface area contributed by atoms with E-state index in [4.69, 9.17) is 21.1 Å². The molecule has 0 radical (unpaired) electrons. The second-order valence-corrected chi connectivity index (χ2v) is 12.3. The average molecular weight is 745 g/mol. The summed E-state index contributed by atoms with van der Waals surface area (Å²) in [6.07, 6.45) is 3.60. The first-order valence-electron chi connectivity index (χ1n) is 16.9. The molecule has 0 spiro atoms. The van der Waals surface area contributed by atoms with Gasteiger partial charge in [-0.25, -0.2) is 20.0 Å². The smallest absolute Gasteiger partial charge is 0.326 e. The van der Waals surface area contributed by atoms with Gasteiger partial charge >= 0.3 is 5.97 Å². The Bertz CT molecular complexity index is 1270. The number of nitrogens with two attached hydrogens (primary N) is 1. The number of amides is 5. The van der Waals surface area contributed by atoms with Crippen LogP contribution in [0.1, 0.15) is 78.6 Å². The first-order valence-corrected chi connectivity index (χ1v) is 16.9. The highest BCUT2D eigenvalue weighted by Crippen LogP contribution is 2.08. The summed E-state index contributed by atoms with van der Waals surface area (Å²) in [5.74, 6) is -5.48. The topological polar surface area (TPSA) is 304 Å². The molecule has 0 unspecified atom stereocenters. The Morgan fingerprint density at radius 3 is 1.25 bits per heavy atom. The van der Waals surface area contributed by atoms with Crippen molar-refractivity contribution in [3.63, 3.8) is 0 Å². The molecule has 5 amide bonds. The maximum Gasteiger partial charge on any atom is 0.326 e. The molecule has 19 nitrogen and oxygen atoms in total. The number of nitrogens with one attached hydrogen (secondary N) is 2. The summed E-state index contributed by atoms with van der Waals surface area (Å²) in [5, 5.41) is 72.8. The van der Waals surface area contributed by atoms with Gasteiger partial charge in [-0.05, 0) is 78.6 Å². The minimum atomic E-state index is -1.51. The highest BCUT2D eigenvalue weighted by atomic mass is 16.5. The van der Waals surface area contributed by atoms with E-state index < -0.39 is 53.6 Å². The van der Waals surface area contributed by atoms with Crippen LogP contribution in [0.3, 0.4) is 0 Å². The summed E-state index contributed by atoms with van der Waals surface area (Å²) in [6.45, 7) is 3.46. The molecule has 0 aliphatic carbocycles. The van der Waals surface area contributed by atoms with Crippen LogP contribution in [0, 0.1) is 0 Å². The average Bonchev–Trinajstić information content (AvgIpc) is 3.06. The first-order chi connectivity index (χ1) is 24.5. The van der Waals surface area contributed by atoms with Crippen LogP contribution in [0.25, 0.3) is 0 Å². The molecule has 52 heavy (non-hydrogen) atoms. The normalized spacial score (nSPS) is 13.8. The Kier molecular flexibility index (Phi) is 24.4. The number of carbonyl (C=O) groups is 6. The first kappa shape index (κ1) is 47.8. The molecule has 0 saturated heterocycles. The Balaban J connectivity index is 5.60. The number of aliphatic hydroxyl groups is 3. The van der Waals surface area contributed by atoms with Crippen molar-refractivity contribution in [3.8, 4) is 0 Å².